The van der Waals surface area contributed by atoms with Crippen LogP contribution in [0.5, 0.6) is 0 Å². The zero-order valence-electron chi connectivity index (χ0n) is 12.0. The Kier molecular flexibility index (Phi) is 12.8. The number of rotatable bonds is 9. The number of hydrogen-bond acceptors (Lipinski definition) is 6. The summed E-state index contributed by atoms with van der Waals surface area (Å²) >= 11 is 0. The Morgan fingerprint density at radius 2 is 0.895 bits per heavy atom. The van der Waals surface area contributed by atoms with E-state index in [1.54, 1.807) is 0 Å². The van der Waals surface area contributed by atoms with Gasteiger partial charge in [-0.15, -0.1) is 0 Å². The molecular formula is C13H30O6. The highest BCUT2D eigenvalue weighted by molar-refractivity contribution is 4.75. The molecule has 0 aromatic rings. The van der Waals surface area contributed by atoms with Gasteiger partial charge in [0.25, 0.3) is 0 Å². The molecule has 6 heteroatoms. The molecule has 0 aromatic carbocycles. The number of hydrogen-bond donors (Lipinski definition) is 6. The van der Waals surface area contributed by atoms with Crippen LogP contribution >= 0.6 is 0 Å². The van der Waals surface area contributed by atoms with Crippen LogP contribution in [0.2, 0.25) is 0 Å². The third-order valence-electron chi connectivity index (χ3n) is 3.54. The smallest absolute Gasteiger partial charge is 0.0531 e. The van der Waals surface area contributed by atoms with Gasteiger partial charge in [0, 0.05) is 10.8 Å². The largest absolute Gasteiger partial charge is 0.396 e. The van der Waals surface area contributed by atoms with E-state index in [4.69, 9.17) is 30.6 Å². The lowest BCUT2D eigenvalue weighted by atomic mass is 9.86. The molecule has 0 amide bonds. The molecule has 0 spiro atoms. The van der Waals surface area contributed by atoms with Crippen LogP contribution in [-0.2, 0) is 0 Å². The molecule has 0 heterocycles. The maximum atomic E-state index is 8.79. The van der Waals surface area contributed by atoms with Crippen LogP contribution in [0.3, 0.4) is 0 Å². The molecule has 0 atom stereocenters. The Hall–Kier alpha value is -0.240. The van der Waals surface area contributed by atoms with Crippen LogP contribution in [0.1, 0.15) is 33.1 Å². The first-order valence-corrected chi connectivity index (χ1v) is 6.64. The van der Waals surface area contributed by atoms with E-state index >= 15 is 0 Å². The fourth-order valence-corrected chi connectivity index (χ4v) is 1.40. The molecule has 0 aliphatic rings. The van der Waals surface area contributed by atoms with Crippen LogP contribution in [0.4, 0.5) is 0 Å². The van der Waals surface area contributed by atoms with E-state index in [9.17, 15) is 0 Å². The van der Waals surface area contributed by atoms with Crippen molar-refractivity contribution in [3.63, 3.8) is 0 Å². The topological polar surface area (TPSA) is 121 Å². The second kappa shape index (κ2) is 11.6. The highest BCUT2D eigenvalue weighted by atomic mass is 16.3. The predicted octanol–water partition coefficient (Wildman–Crippen LogP) is -0.891. The number of aliphatic hydroxyl groups is 6. The van der Waals surface area contributed by atoms with Gasteiger partial charge in [-0.1, -0.05) is 20.3 Å². The van der Waals surface area contributed by atoms with E-state index in [0.717, 1.165) is 6.42 Å². The molecule has 118 valence electrons. The van der Waals surface area contributed by atoms with Crippen molar-refractivity contribution in [1.82, 2.24) is 0 Å². The molecule has 0 aliphatic heterocycles. The summed E-state index contributed by atoms with van der Waals surface area (Å²) in [6.07, 6.45) is 2.12. The summed E-state index contributed by atoms with van der Waals surface area (Å²) < 4.78 is 0. The first-order valence-electron chi connectivity index (χ1n) is 6.64. The molecular weight excluding hydrogens is 252 g/mol. The fraction of sp³-hybridized carbons (Fsp3) is 1.00. The first-order chi connectivity index (χ1) is 8.99. The van der Waals surface area contributed by atoms with E-state index < -0.39 is 10.8 Å². The highest BCUT2D eigenvalue weighted by Gasteiger charge is 2.26. The second-order valence-electron chi connectivity index (χ2n) is 5.05. The molecule has 0 rings (SSSR count). The Labute approximate surface area is 115 Å². The summed E-state index contributed by atoms with van der Waals surface area (Å²) in [6, 6.07) is 0. The van der Waals surface area contributed by atoms with Crippen LogP contribution in [0.25, 0.3) is 0 Å². The van der Waals surface area contributed by atoms with Gasteiger partial charge in [-0.25, -0.2) is 0 Å². The summed E-state index contributed by atoms with van der Waals surface area (Å²) in [5.74, 6) is 0. The van der Waals surface area contributed by atoms with E-state index in [0.29, 0.717) is 12.8 Å². The van der Waals surface area contributed by atoms with Crippen molar-refractivity contribution in [2.75, 3.05) is 39.6 Å². The van der Waals surface area contributed by atoms with Crippen molar-refractivity contribution in [3.8, 4) is 0 Å². The normalized spacial score (nSPS) is 12.0. The van der Waals surface area contributed by atoms with E-state index in [1.807, 2.05) is 13.8 Å². The molecule has 0 unspecified atom stereocenters. The van der Waals surface area contributed by atoms with Gasteiger partial charge in [0.15, 0.2) is 0 Å². The third kappa shape index (κ3) is 7.20. The lowest BCUT2D eigenvalue weighted by Crippen LogP contribution is -2.33. The molecule has 0 bridgehead atoms. The van der Waals surface area contributed by atoms with Crippen LogP contribution in [0.15, 0.2) is 0 Å². The summed E-state index contributed by atoms with van der Waals surface area (Å²) in [6.45, 7) is 2.87. The third-order valence-corrected chi connectivity index (χ3v) is 3.54. The van der Waals surface area contributed by atoms with Crippen molar-refractivity contribution in [1.29, 1.82) is 0 Å². The van der Waals surface area contributed by atoms with Crippen LogP contribution in [-0.4, -0.2) is 70.3 Å². The summed E-state index contributed by atoms with van der Waals surface area (Å²) in [4.78, 5) is 0. The van der Waals surface area contributed by atoms with E-state index in [-0.39, 0.29) is 39.6 Å². The van der Waals surface area contributed by atoms with Crippen molar-refractivity contribution >= 4 is 0 Å². The number of aliphatic hydroxyl groups excluding tert-OH is 6. The van der Waals surface area contributed by atoms with Gasteiger partial charge in [-0.05, 0) is 12.8 Å². The van der Waals surface area contributed by atoms with Crippen LogP contribution < -0.4 is 0 Å². The molecule has 0 saturated heterocycles. The Bertz CT molecular complexity index is 164. The van der Waals surface area contributed by atoms with Crippen molar-refractivity contribution in [2.45, 2.75) is 33.1 Å². The highest BCUT2D eigenvalue weighted by Crippen LogP contribution is 2.21. The monoisotopic (exact) mass is 282 g/mol. The average molecular weight is 282 g/mol. The van der Waals surface area contributed by atoms with Gasteiger partial charge in [0.1, 0.15) is 0 Å². The average Bonchev–Trinajstić information content (AvgIpc) is 2.49. The molecule has 0 fully saturated rings. The van der Waals surface area contributed by atoms with Crippen molar-refractivity contribution < 1.29 is 30.6 Å². The molecule has 6 N–H and O–H groups in total. The van der Waals surface area contributed by atoms with Crippen molar-refractivity contribution in [2.24, 2.45) is 10.8 Å². The van der Waals surface area contributed by atoms with E-state index in [1.165, 1.54) is 0 Å². The predicted molar refractivity (Wildman–Crippen MR) is 72.6 cm³/mol. The van der Waals surface area contributed by atoms with Gasteiger partial charge in [-0.2, -0.15) is 0 Å². The summed E-state index contributed by atoms with van der Waals surface area (Å²) in [5, 5.41) is 52.3. The van der Waals surface area contributed by atoms with E-state index in [2.05, 4.69) is 0 Å². The Morgan fingerprint density at radius 3 is 0.947 bits per heavy atom. The standard InChI is InChI=1S/C7H16O3.C6H14O3/c1-2-3-7(4-8,5-9)6-10;1-2-6(3-7,4-8)5-9/h8-10H,2-6H2,1H3;7-9H,2-5H2,1H3. The summed E-state index contributed by atoms with van der Waals surface area (Å²) in [5.41, 5.74) is -1.32. The Balaban J connectivity index is 0. The Morgan fingerprint density at radius 1 is 0.579 bits per heavy atom. The second-order valence-corrected chi connectivity index (χ2v) is 5.05. The van der Waals surface area contributed by atoms with Gasteiger partial charge in [0.2, 0.25) is 0 Å². The quantitative estimate of drug-likeness (QED) is 0.326. The maximum Gasteiger partial charge on any atom is 0.0531 e. The van der Waals surface area contributed by atoms with Crippen LogP contribution in [0, 0.1) is 10.8 Å². The first kappa shape index (κ1) is 21.1. The zero-order chi connectivity index (χ0) is 15.4. The molecule has 0 aromatic heterocycles. The van der Waals surface area contributed by atoms with Gasteiger partial charge < -0.3 is 30.6 Å². The summed E-state index contributed by atoms with van der Waals surface area (Å²) in [7, 11) is 0. The van der Waals surface area contributed by atoms with Crippen molar-refractivity contribution in [3.05, 3.63) is 0 Å². The van der Waals surface area contributed by atoms with Gasteiger partial charge >= 0.3 is 0 Å². The minimum absolute atomic E-state index is 0.145. The fourth-order valence-electron chi connectivity index (χ4n) is 1.40. The molecule has 6 nitrogen and oxygen atoms in total. The zero-order valence-corrected chi connectivity index (χ0v) is 12.0. The minimum atomic E-state index is -0.667. The SMILES string of the molecule is CCC(CO)(CO)CO.CCCC(CO)(CO)CO. The lowest BCUT2D eigenvalue weighted by molar-refractivity contribution is -0.00103. The van der Waals surface area contributed by atoms with Gasteiger partial charge in [0.05, 0.1) is 39.6 Å². The molecule has 19 heavy (non-hydrogen) atoms. The molecule has 0 radical (unpaired) electrons. The van der Waals surface area contributed by atoms with Gasteiger partial charge in [-0.3, -0.25) is 0 Å². The maximum absolute atomic E-state index is 8.79. The molecule has 0 aliphatic carbocycles. The molecule has 0 saturated carbocycles. The minimum Gasteiger partial charge on any atom is -0.396 e. The lowest BCUT2D eigenvalue weighted by Gasteiger charge is -2.26.